The average molecular weight is 522 g/mol. The summed E-state index contributed by atoms with van der Waals surface area (Å²) in [5, 5.41) is 4.77. The molecule has 2 saturated heterocycles. The van der Waals surface area contributed by atoms with Crippen molar-refractivity contribution in [3.05, 3.63) is 72.0 Å². The molecule has 7 nitrogen and oxygen atoms in total. The fourth-order valence-electron chi connectivity index (χ4n) is 4.61. The van der Waals surface area contributed by atoms with Crippen LogP contribution in [0.2, 0.25) is 0 Å². The van der Waals surface area contributed by atoms with Crippen LogP contribution in [0, 0.1) is 5.82 Å². The van der Waals surface area contributed by atoms with Gasteiger partial charge in [-0.1, -0.05) is 36.4 Å². The highest BCUT2D eigenvalue weighted by Gasteiger charge is 2.33. The van der Waals surface area contributed by atoms with Gasteiger partial charge in [0, 0.05) is 43.0 Å². The Kier molecular flexibility index (Phi) is 7.60. The van der Waals surface area contributed by atoms with E-state index >= 15 is 0 Å². The maximum absolute atomic E-state index is 14.8. The van der Waals surface area contributed by atoms with Crippen molar-refractivity contribution in [3.8, 4) is 0 Å². The van der Waals surface area contributed by atoms with Gasteiger partial charge in [0.2, 0.25) is 5.91 Å². The summed E-state index contributed by atoms with van der Waals surface area (Å²) in [6, 6.07) is 18.1. The fraction of sp³-hybridized carbons (Fsp3) is 0.321. The Balaban J connectivity index is 1.10. The number of thioether (sulfide) groups is 1. The van der Waals surface area contributed by atoms with E-state index in [2.05, 4.69) is 5.32 Å². The van der Waals surface area contributed by atoms with E-state index in [1.54, 1.807) is 18.2 Å². The van der Waals surface area contributed by atoms with Crippen LogP contribution in [0.25, 0.3) is 10.8 Å². The zero-order valence-corrected chi connectivity index (χ0v) is 21.1. The van der Waals surface area contributed by atoms with Crippen LogP contribution in [0.5, 0.6) is 0 Å². The van der Waals surface area contributed by atoms with E-state index in [4.69, 9.17) is 4.74 Å². The number of Topliss-reactive ketones (excluding diaryl/α,β-unsaturated/α-hetero) is 1. The second-order valence-corrected chi connectivity index (χ2v) is 10.4. The highest BCUT2D eigenvalue weighted by molar-refractivity contribution is 7.99. The Morgan fingerprint density at radius 1 is 1.00 bits per heavy atom. The molecular weight excluding hydrogens is 493 g/mol. The Labute approximate surface area is 218 Å². The summed E-state index contributed by atoms with van der Waals surface area (Å²) in [5.41, 5.74) is 1.54. The lowest BCUT2D eigenvalue weighted by Gasteiger charge is -2.29. The molecule has 3 aromatic carbocycles. The summed E-state index contributed by atoms with van der Waals surface area (Å²) < 4.78 is 20.2. The number of fused-ring (bicyclic) bond motifs is 1. The van der Waals surface area contributed by atoms with Gasteiger partial charge in [0.15, 0.2) is 5.78 Å². The van der Waals surface area contributed by atoms with E-state index in [0.717, 1.165) is 35.4 Å². The Morgan fingerprint density at radius 3 is 2.57 bits per heavy atom. The van der Waals surface area contributed by atoms with Gasteiger partial charge in [0.25, 0.3) is 0 Å². The minimum absolute atomic E-state index is 0.0394. The summed E-state index contributed by atoms with van der Waals surface area (Å²) in [5.74, 6) is 1.16. The second kappa shape index (κ2) is 11.2. The molecule has 2 fully saturated rings. The van der Waals surface area contributed by atoms with Crippen molar-refractivity contribution in [2.24, 2.45) is 0 Å². The lowest BCUT2D eigenvalue weighted by molar-refractivity contribution is -0.121. The first-order valence-electron chi connectivity index (χ1n) is 12.4. The van der Waals surface area contributed by atoms with E-state index in [0.29, 0.717) is 16.9 Å². The number of ether oxygens (including phenoxy) is 1. The molecule has 2 amide bonds. The van der Waals surface area contributed by atoms with Crippen LogP contribution in [-0.2, 0) is 9.53 Å². The second-order valence-electron chi connectivity index (χ2n) is 9.14. The molecule has 9 heteroatoms. The highest BCUT2D eigenvalue weighted by atomic mass is 32.2. The number of hydrogen-bond donors (Lipinski definition) is 1. The molecule has 0 aromatic heterocycles. The molecule has 2 heterocycles. The number of benzene rings is 3. The van der Waals surface area contributed by atoms with Crippen LogP contribution >= 0.6 is 11.8 Å². The van der Waals surface area contributed by atoms with Gasteiger partial charge in [-0.25, -0.2) is 9.18 Å². The van der Waals surface area contributed by atoms with Gasteiger partial charge in [-0.15, -0.1) is 0 Å². The number of carbonyl (C=O) groups is 3. The zero-order valence-electron chi connectivity index (χ0n) is 20.3. The lowest BCUT2D eigenvalue weighted by Crippen LogP contribution is -2.35. The Bertz CT molecular complexity index is 1330. The van der Waals surface area contributed by atoms with Crippen LogP contribution < -0.4 is 15.1 Å². The summed E-state index contributed by atoms with van der Waals surface area (Å²) in [7, 11) is 0. The van der Waals surface area contributed by atoms with Crippen molar-refractivity contribution in [3.63, 3.8) is 0 Å². The quantitative estimate of drug-likeness (QED) is 0.436. The minimum atomic E-state index is -0.577. The summed E-state index contributed by atoms with van der Waals surface area (Å²) in [4.78, 5) is 40.7. The van der Waals surface area contributed by atoms with Crippen LogP contribution in [0.15, 0.2) is 60.7 Å². The van der Waals surface area contributed by atoms with Gasteiger partial charge in [-0.3, -0.25) is 14.5 Å². The molecule has 37 heavy (non-hydrogen) atoms. The maximum Gasteiger partial charge on any atom is 0.414 e. The molecule has 1 atom stereocenters. The van der Waals surface area contributed by atoms with Crippen molar-refractivity contribution >= 4 is 51.7 Å². The highest BCUT2D eigenvalue weighted by Crippen LogP contribution is 2.29. The molecule has 0 spiro atoms. The SMILES string of the molecule is O=C(CCC(=O)c1ccc2ccccc2c1)NC[C@H]1CN(c2ccc(N3CCSCC3)c(F)c2)C(=O)O1. The van der Waals surface area contributed by atoms with Crippen molar-refractivity contribution < 1.29 is 23.5 Å². The number of cyclic esters (lactones) is 1. The first-order chi connectivity index (χ1) is 18.0. The number of anilines is 2. The predicted octanol–water partition coefficient (Wildman–Crippen LogP) is 4.64. The molecule has 3 aromatic rings. The van der Waals surface area contributed by atoms with Gasteiger partial charge in [-0.05, 0) is 35.0 Å². The fourth-order valence-corrected chi connectivity index (χ4v) is 5.52. The van der Waals surface area contributed by atoms with Crippen LogP contribution in [0.4, 0.5) is 20.6 Å². The number of rotatable bonds is 8. The number of carbonyl (C=O) groups excluding carboxylic acids is 3. The summed E-state index contributed by atoms with van der Waals surface area (Å²) in [6.07, 6.45) is -1.01. The lowest BCUT2D eigenvalue weighted by atomic mass is 10.0. The number of ketones is 1. The Hall–Kier alpha value is -3.59. The normalized spacial score (nSPS) is 17.6. The molecule has 0 bridgehead atoms. The molecule has 192 valence electrons. The van der Waals surface area contributed by atoms with Crippen LogP contribution in [0.1, 0.15) is 23.2 Å². The zero-order chi connectivity index (χ0) is 25.8. The van der Waals surface area contributed by atoms with E-state index < -0.39 is 12.2 Å². The van der Waals surface area contributed by atoms with Gasteiger partial charge in [0.1, 0.15) is 11.9 Å². The van der Waals surface area contributed by atoms with Crippen LogP contribution in [0.3, 0.4) is 0 Å². The van der Waals surface area contributed by atoms with Crippen molar-refractivity contribution in [2.45, 2.75) is 18.9 Å². The number of nitrogens with one attached hydrogen (secondary N) is 1. The molecule has 5 rings (SSSR count). The number of hydrogen-bond acceptors (Lipinski definition) is 6. The molecule has 0 aliphatic carbocycles. The molecular formula is C28H28FN3O4S. The minimum Gasteiger partial charge on any atom is -0.442 e. The largest absolute Gasteiger partial charge is 0.442 e. The van der Waals surface area contributed by atoms with E-state index in [1.807, 2.05) is 53.1 Å². The van der Waals surface area contributed by atoms with Gasteiger partial charge >= 0.3 is 6.09 Å². The number of halogens is 1. The van der Waals surface area contributed by atoms with E-state index in [9.17, 15) is 18.8 Å². The first-order valence-corrected chi connectivity index (χ1v) is 13.5. The van der Waals surface area contributed by atoms with Gasteiger partial charge in [0.05, 0.1) is 24.5 Å². The molecule has 0 radical (unpaired) electrons. The van der Waals surface area contributed by atoms with E-state index in [-0.39, 0.29) is 43.4 Å². The monoisotopic (exact) mass is 521 g/mol. The summed E-state index contributed by atoms with van der Waals surface area (Å²) in [6.45, 7) is 1.91. The molecule has 0 unspecified atom stereocenters. The molecule has 0 saturated carbocycles. The summed E-state index contributed by atoms with van der Waals surface area (Å²) >= 11 is 1.85. The van der Waals surface area contributed by atoms with Gasteiger partial charge in [-0.2, -0.15) is 11.8 Å². The topological polar surface area (TPSA) is 79.0 Å². The number of nitrogens with zero attached hydrogens (tertiary/aromatic N) is 2. The molecule has 2 aliphatic rings. The maximum atomic E-state index is 14.8. The molecule has 1 N–H and O–H groups in total. The Morgan fingerprint density at radius 2 is 1.78 bits per heavy atom. The standard InChI is InChI=1S/C28H28FN3O4S/c29-24-16-22(7-8-25(24)31-11-13-37-14-12-31)32-18-23(36-28(32)35)17-30-27(34)10-9-26(33)21-6-5-19-3-1-2-4-20(19)15-21/h1-8,15-16,23H,9-14,17-18H2,(H,30,34)/t23-/m0/s1. The third kappa shape index (κ3) is 5.88. The van der Waals surface area contributed by atoms with Crippen molar-refractivity contribution in [2.75, 3.05) is 47.5 Å². The predicted molar refractivity (Wildman–Crippen MR) is 144 cm³/mol. The third-order valence-electron chi connectivity index (χ3n) is 6.65. The van der Waals surface area contributed by atoms with E-state index in [1.165, 1.54) is 11.0 Å². The third-order valence-corrected chi connectivity index (χ3v) is 7.59. The van der Waals surface area contributed by atoms with Crippen LogP contribution in [-0.4, -0.2) is 61.6 Å². The van der Waals surface area contributed by atoms with Gasteiger partial charge < -0.3 is 15.0 Å². The molecule has 2 aliphatic heterocycles. The van der Waals surface area contributed by atoms with Crippen molar-refractivity contribution in [1.29, 1.82) is 0 Å². The number of amides is 2. The smallest absolute Gasteiger partial charge is 0.414 e. The average Bonchev–Trinajstić information content (AvgIpc) is 3.31. The first kappa shape index (κ1) is 25.1. The van der Waals surface area contributed by atoms with Crippen molar-refractivity contribution in [1.82, 2.24) is 5.32 Å².